The predicted molar refractivity (Wildman–Crippen MR) is 114 cm³/mol. The number of hydrogen-bond donors (Lipinski definition) is 4. The molecule has 2 aliphatic rings. The van der Waals surface area contributed by atoms with Crippen molar-refractivity contribution < 1.29 is 47.0 Å². The average Bonchev–Trinajstić information content (AvgIpc) is 3.28. The second kappa shape index (κ2) is 9.49. The number of nitrogen functional groups attached to an aromatic ring is 1. The number of nitrogens with zero attached hydrogens (tertiary/aromatic N) is 4. The molecule has 4 heterocycles. The molecule has 7 unspecified atom stereocenters. The Hall–Kier alpha value is -1.13. The summed E-state index contributed by atoms with van der Waals surface area (Å²) in [5.41, 5.74) is 6.36. The lowest BCUT2D eigenvalue weighted by Gasteiger charge is -2.28. The van der Waals surface area contributed by atoms with E-state index in [9.17, 15) is 19.5 Å². The van der Waals surface area contributed by atoms with Crippen molar-refractivity contribution in [2.24, 2.45) is 0 Å². The number of nitrogens with two attached hydrogens (primary N) is 1. The molecular formula is C15H23N5O10P2S. The van der Waals surface area contributed by atoms with Crippen LogP contribution in [0.3, 0.4) is 0 Å². The van der Waals surface area contributed by atoms with Crippen molar-refractivity contribution in [1.29, 1.82) is 0 Å². The molecule has 0 spiro atoms. The second-order valence-corrected chi connectivity index (χ2v) is 11.5. The van der Waals surface area contributed by atoms with Gasteiger partial charge in [-0.15, -0.1) is 0 Å². The molecule has 0 radical (unpaired) electrons. The topological polar surface area (TPSA) is 203 Å². The van der Waals surface area contributed by atoms with Gasteiger partial charge in [-0.1, -0.05) is 0 Å². The highest BCUT2D eigenvalue weighted by Gasteiger charge is 2.50. The molecule has 2 saturated heterocycles. The van der Waals surface area contributed by atoms with Gasteiger partial charge in [0.1, 0.15) is 36.3 Å². The molecule has 2 aromatic heterocycles. The van der Waals surface area contributed by atoms with Gasteiger partial charge in [0, 0.05) is 7.11 Å². The van der Waals surface area contributed by atoms with Gasteiger partial charge in [0.15, 0.2) is 17.7 Å². The number of aliphatic hydroxyl groups excluding tert-OH is 1. The van der Waals surface area contributed by atoms with E-state index in [2.05, 4.69) is 15.0 Å². The van der Waals surface area contributed by atoms with Crippen molar-refractivity contribution in [3.8, 4) is 0 Å². The van der Waals surface area contributed by atoms with Crippen molar-refractivity contribution >= 4 is 43.3 Å². The Balaban J connectivity index is 1.70. The summed E-state index contributed by atoms with van der Waals surface area (Å²) in [6.45, 7) is -3.38. The fourth-order valence-corrected chi connectivity index (χ4v) is 5.84. The van der Waals surface area contributed by atoms with Crippen molar-refractivity contribution in [3.63, 3.8) is 0 Å². The first kappa shape index (κ1) is 25.0. The minimum absolute atomic E-state index is 0.116. The van der Waals surface area contributed by atoms with Crippen LogP contribution in [0.4, 0.5) is 5.82 Å². The molecule has 18 heteroatoms. The molecule has 15 nitrogen and oxygen atoms in total. The Morgan fingerprint density at radius 3 is 2.73 bits per heavy atom. The number of hydrogen-bond acceptors (Lipinski definition) is 13. The van der Waals surface area contributed by atoms with Crippen molar-refractivity contribution in [3.05, 3.63) is 12.7 Å². The molecule has 2 aliphatic heterocycles. The summed E-state index contributed by atoms with van der Waals surface area (Å²) in [4.78, 5) is 32.9. The highest BCUT2D eigenvalue weighted by atomic mass is 32.5. The third-order valence-corrected chi connectivity index (χ3v) is 7.79. The van der Waals surface area contributed by atoms with Crippen LogP contribution in [0.15, 0.2) is 12.7 Å². The van der Waals surface area contributed by atoms with E-state index in [0.717, 1.165) is 0 Å². The molecule has 4 rings (SSSR count). The number of phosphoric acid groups is 1. The minimum Gasteiger partial charge on any atom is -0.387 e. The maximum absolute atomic E-state index is 12.4. The SMILES string of the molecule is COC1COP(O)(=S)OC2C(O)C(COP(=O)(O)O[C@@H]1C)OC2n1cnc2c(N)ncnc21. The standard InChI is InChI=1S/C15H23N5O10P2S/c1-7-8(25-2)3-27-32(24,33)30-12-11(21)9(4-26-31(22,23)29-7)28-15(12)20-6-19-10-13(16)17-5-18-14(10)20/h5-9,11-12,15,21H,3-4H2,1-2H3,(H,22,23)(H,24,33)(H2,16,17,18)/t7-,8?,9?,11?,12?,15?,32?/m1/s1. The Labute approximate surface area is 192 Å². The van der Waals surface area contributed by atoms with Crippen LogP contribution in [0.2, 0.25) is 0 Å². The molecule has 184 valence electrons. The third-order valence-electron chi connectivity index (χ3n) is 5.16. The summed E-state index contributed by atoms with van der Waals surface area (Å²) < 4.78 is 46.0. The molecule has 33 heavy (non-hydrogen) atoms. The van der Waals surface area contributed by atoms with Crippen LogP contribution in [-0.2, 0) is 43.9 Å². The normalized spacial score (nSPS) is 40.8. The molecule has 0 aliphatic carbocycles. The van der Waals surface area contributed by atoms with E-state index in [4.69, 9.17) is 45.1 Å². The number of aliphatic hydroxyl groups is 1. The highest BCUT2D eigenvalue weighted by molar-refractivity contribution is 8.07. The van der Waals surface area contributed by atoms with Gasteiger partial charge in [0.25, 0.3) is 0 Å². The molecule has 2 aromatic rings. The van der Waals surface area contributed by atoms with E-state index in [1.165, 1.54) is 31.3 Å². The summed E-state index contributed by atoms with van der Waals surface area (Å²) in [6, 6.07) is 0. The number of phosphoric ester groups is 1. The summed E-state index contributed by atoms with van der Waals surface area (Å²) >= 11 is 5.11. The van der Waals surface area contributed by atoms with E-state index < -0.39 is 57.9 Å². The molecule has 2 fully saturated rings. The maximum Gasteiger partial charge on any atom is 0.472 e. The van der Waals surface area contributed by atoms with E-state index in [-0.39, 0.29) is 23.6 Å². The summed E-state index contributed by atoms with van der Waals surface area (Å²) in [6.07, 6.45) is -4.37. The Kier molecular flexibility index (Phi) is 7.18. The van der Waals surface area contributed by atoms with Crippen molar-refractivity contribution in [2.45, 2.75) is 43.7 Å². The third kappa shape index (κ3) is 5.27. The van der Waals surface area contributed by atoms with Crippen LogP contribution < -0.4 is 5.73 Å². The number of methoxy groups -OCH3 is 1. The fraction of sp³-hybridized carbons (Fsp3) is 0.667. The van der Waals surface area contributed by atoms with Crippen LogP contribution >= 0.6 is 14.5 Å². The van der Waals surface area contributed by atoms with Gasteiger partial charge in [0.2, 0.25) is 0 Å². The fourth-order valence-electron chi connectivity index (χ4n) is 3.47. The molecule has 5 N–H and O–H groups in total. The van der Waals surface area contributed by atoms with Crippen LogP contribution in [0, 0.1) is 0 Å². The van der Waals surface area contributed by atoms with E-state index in [0.29, 0.717) is 0 Å². The minimum atomic E-state index is -4.58. The van der Waals surface area contributed by atoms with Gasteiger partial charge in [-0.25, -0.2) is 19.5 Å². The first-order valence-electron chi connectivity index (χ1n) is 9.62. The van der Waals surface area contributed by atoms with E-state index in [1.807, 2.05) is 0 Å². The monoisotopic (exact) mass is 527 g/mol. The van der Waals surface area contributed by atoms with Gasteiger partial charge in [0.05, 0.1) is 25.6 Å². The summed E-state index contributed by atoms with van der Waals surface area (Å²) in [7, 11) is -3.26. The Bertz CT molecular complexity index is 1110. The smallest absolute Gasteiger partial charge is 0.387 e. The Morgan fingerprint density at radius 1 is 1.24 bits per heavy atom. The molecule has 8 atom stereocenters. The number of ether oxygens (including phenoxy) is 2. The van der Waals surface area contributed by atoms with Crippen LogP contribution in [0.1, 0.15) is 13.2 Å². The lowest BCUT2D eigenvalue weighted by Crippen LogP contribution is -2.35. The maximum atomic E-state index is 12.4. The zero-order chi connectivity index (χ0) is 24.0. The van der Waals surface area contributed by atoms with Gasteiger partial charge >= 0.3 is 14.5 Å². The summed E-state index contributed by atoms with van der Waals surface area (Å²) in [5.74, 6) is 0.116. The van der Waals surface area contributed by atoms with Gasteiger partial charge in [-0.05, 0) is 18.7 Å². The Morgan fingerprint density at radius 2 is 2.00 bits per heavy atom. The lowest BCUT2D eigenvalue weighted by molar-refractivity contribution is -0.0643. The molecule has 0 amide bonds. The predicted octanol–water partition coefficient (Wildman–Crippen LogP) is -0.164. The second-order valence-electron chi connectivity index (χ2n) is 7.32. The van der Waals surface area contributed by atoms with Crippen molar-refractivity contribution in [1.82, 2.24) is 19.5 Å². The molecular weight excluding hydrogens is 504 g/mol. The number of fused-ring (bicyclic) bond motifs is 3. The lowest BCUT2D eigenvalue weighted by atomic mass is 10.1. The largest absolute Gasteiger partial charge is 0.472 e. The van der Waals surface area contributed by atoms with Crippen LogP contribution in [0.5, 0.6) is 0 Å². The molecule has 0 saturated carbocycles. The number of anilines is 1. The molecule has 2 bridgehead atoms. The van der Waals surface area contributed by atoms with E-state index >= 15 is 0 Å². The number of rotatable bonds is 2. The van der Waals surface area contributed by atoms with Gasteiger partial charge in [-0.3, -0.25) is 18.1 Å². The van der Waals surface area contributed by atoms with Crippen LogP contribution in [0.25, 0.3) is 11.2 Å². The van der Waals surface area contributed by atoms with Crippen molar-refractivity contribution in [2.75, 3.05) is 26.1 Å². The van der Waals surface area contributed by atoms with Gasteiger partial charge in [-0.2, -0.15) is 0 Å². The number of aromatic nitrogens is 4. The van der Waals surface area contributed by atoms with Crippen LogP contribution in [-0.4, -0.2) is 85.3 Å². The zero-order valence-corrected chi connectivity index (χ0v) is 20.0. The number of imidazole rings is 1. The molecule has 0 aromatic carbocycles. The first-order chi connectivity index (χ1) is 15.5. The highest BCUT2D eigenvalue weighted by Crippen LogP contribution is 2.52. The van der Waals surface area contributed by atoms with Gasteiger partial charge < -0.3 is 34.6 Å². The average molecular weight is 527 g/mol. The quantitative estimate of drug-likeness (QED) is 0.375. The first-order valence-corrected chi connectivity index (χ1v) is 13.7. The summed E-state index contributed by atoms with van der Waals surface area (Å²) in [5, 5.41) is 10.9. The zero-order valence-electron chi connectivity index (χ0n) is 17.4. The van der Waals surface area contributed by atoms with E-state index in [1.54, 1.807) is 0 Å².